The van der Waals surface area contributed by atoms with Gasteiger partial charge in [-0.2, -0.15) is 8.42 Å². The smallest absolute Gasteiger partial charge is 0.296 e. The third-order valence-electron chi connectivity index (χ3n) is 1.50. The Balaban J connectivity index is 2.81. The van der Waals surface area contributed by atoms with Gasteiger partial charge >= 0.3 is 0 Å². The van der Waals surface area contributed by atoms with Crippen LogP contribution in [0.15, 0.2) is 24.3 Å². The van der Waals surface area contributed by atoms with Crippen molar-refractivity contribution in [2.45, 2.75) is 6.54 Å². The largest absolute Gasteiger partial charge is 0.354 e. The SMILES string of the molecule is NS(=O)(=O)Nc1ccc(C[NH3+])cc1. The van der Waals surface area contributed by atoms with E-state index in [1.54, 1.807) is 24.3 Å². The number of anilines is 1. The highest BCUT2D eigenvalue weighted by atomic mass is 32.2. The summed E-state index contributed by atoms with van der Waals surface area (Å²) >= 11 is 0. The first-order valence-electron chi connectivity index (χ1n) is 3.70. The van der Waals surface area contributed by atoms with Crippen LogP contribution in [0.2, 0.25) is 0 Å². The third-order valence-corrected chi connectivity index (χ3v) is 2.02. The predicted molar refractivity (Wildman–Crippen MR) is 49.8 cm³/mol. The Bertz CT molecular complexity index is 371. The van der Waals surface area contributed by atoms with Crippen molar-refractivity contribution in [2.75, 3.05) is 4.72 Å². The molecule has 0 aliphatic rings. The summed E-state index contributed by atoms with van der Waals surface area (Å²) in [6.07, 6.45) is 0. The van der Waals surface area contributed by atoms with Crippen LogP contribution in [0.5, 0.6) is 0 Å². The van der Waals surface area contributed by atoms with E-state index in [2.05, 4.69) is 10.5 Å². The van der Waals surface area contributed by atoms with Gasteiger partial charge in [-0.25, -0.2) is 5.14 Å². The average molecular weight is 202 g/mol. The molecule has 0 heterocycles. The zero-order chi connectivity index (χ0) is 9.90. The molecule has 0 aromatic heterocycles. The first-order valence-corrected chi connectivity index (χ1v) is 5.24. The van der Waals surface area contributed by atoms with E-state index in [0.29, 0.717) is 12.2 Å². The van der Waals surface area contributed by atoms with E-state index in [1.807, 2.05) is 0 Å². The van der Waals surface area contributed by atoms with E-state index in [1.165, 1.54) is 0 Å². The van der Waals surface area contributed by atoms with E-state index >= 15 is 0 Å². The van der Waals surface area contributed by atoms with Gasteiger partial charge in [-0.05, 0) is 12.1 Å². The van der Waals surface area contributed by atoms with Gasteiger partial charge in [-0.1, -0.05) is 12.1 Å². The molecule has 13 heavy (non-hydrogen) atoms. The van der Waals surface area contributed by atoms with Gasteiger partial charge in [0.15, 0.2) is 0 Å². The quantitative estimate of drug-likeness (QED) is 0.588. The lowest BCUT2D eigenvalue weighted by Gasteiger charge is -2.02. The van der Waals surface area contributed by atoms with Crippen molar-refractivity contribution >= 4 is 15.9 Å². The first-order chi connectivity index (χ1) is 6.01. The topological polar surface area (TPSA) is 99.8 Å². The van der Waals surface area contributed by atoms with Crippen LogP contribution in [0.1, 0.15) is 5.56 Å². The van der Waals surface area contributed by atoms with Crippen molar-refractivity contribution in [1.82, 2.24) is 0 Å². The fourth-order valence-corrected chi connectivity index (χ4v) is 1.37. The summed E-state index contributed by atoms with van der Waals surface area (Å²) in [5.41, 5.74) is 5.20. The molecule has 1 rings (SSSR count). The molecular weight excluding hydrogens is 190 g/mol. The zero-order valence-corrected chi connectivity index (χ0v) is 7.84. The van der Waals surface area contributed by atoms with Crippen LogP contribution in [-0.2, 0) is 16.8 Å². The van der Waals surface area contributed by atoms with Gasteiger partial charge in [0.1, 0.15) is 0 Å². The molecule has 0 spiro atoms. The minimum Gasteiger partial charge on any atom is -0.354 e. The highest BCUT2D eigenvalue weighted by Gasteiger charge is 2.01. The fourth-order valence-electron chi connectivity index (χ4n) is 0.904. The molecule has 0 amide bonds. The maximum atomic E-state index is 10.6. The van der Waals surface area contributed by atoms with E-state index in [4.69, 9.17) is 5.14 Å². The summed E-state index contributed by atoms with van der Waals surface area (Å²) < 4.78 is 23.4. The third kappa shape index (κ3) is 3.41. The molecule has 0 atom stereocenters. The Hall–Kier alpha value is -1.11. The maximum Gasteiger partial charge on any atom is 0.296 e. The number of benzene rings is 1. The monoisotopic (exact) mass is 202 g/mol. The molecular formula is C7H12N3O2S+. The van der Waals surface area contributed by atoms with Gasteiger partial charge < -0.3 is 5.73 Å². The molecule has 0 aliphatic carbocycles. The molecule has 0 unspecified atom stereocenters. The average Bonchev–Trinajstić information content (AvgIpc) is 2.03. The molecule has 6 heteroatoms. The second kappa shape index (κ2) is 3.73. The summed E-state index contributed by atoms with van der Waals surface area (Å²) in [5.74, 6) is 0. The number of hydrogen-bond acceptors (Lipinski definition) is 2. The Labute approximate surface area is 76.9 Å². The lowest BCUT2D eigenvalue weighted by atomic mass is 10.2. The summed E-state index contributed by atoms with van der Waals surface area (Å²) in [4.78, 5) is 0. The van der Waals surface area contributed by atoms with Gasteiger partial charge in [-0.15, -0.1) is 0 Å². The summed E-state index contributed by atoms with van der Waals surface area (Å²) in [5, 5.41) is 4.79. The Morgan fingerprint density at radius 2 is 1.85 bits per heavy atom. The molecule has 0 aliphatic heterocycles. The van der Waals surface area contributed by atoms with Crippen LogP contribution in [-0.4, -0.2) is 8.42 Å². The molecule has 72 valence electrons. The summed E-state index contributed by atoms with van der Waals surface area (Å²) in [6, 6.07) is 6.87. The van der Waals surface area contributed by atoms with Crippen LogP contribution in [0.25, 0.3) is 0 Å². The second-order valence-electron chi connectivity index (χ2n) is 2.59. The van der Waals surface area contributed by atoms with Crippen LogP contribution in [0, 0.1) is 0 Å². The lowest BCUT2D eigenvalue weighted by Crippen LogP contribution is -2.47. The van der Waals surface area contributed by atoms with Gasteiger partial charge in [0, 0.05) is 11.3 Å². The van der Waals surface area contributed by atoms with E-state index < -0.39 is 10.2 Å². The van der Waals surface area contributed by atoms with Crippen molar-refractivity contribution in [3.63, 3.8) is 0 Å². The highest BCUT2D eigenvalue weighted by molar-refractivity contribution is 7.90. The molecule has 6 N–H and O–H groups in total. The summed E-state index contributed by atoms with van der Waals surface area (Å²) in [7, 11) is -3.66. The molecule has 0 bridgehead atoms. The normalized spacial score (nSPS) is 11.2. The van der Waals surface area contributed by atoms with E-state index in [0.717, 1.165) is 5.56 Å². The van der Waals surface area contributed by atoms with Gasteiger partial charge in [0.2, 0.25) is 0 Å². The van der Waals surface area contributed by atoms with Crippen molar-refractivity contribution in [3.8, 4) is 0 Å². The predicted octanol–water partition coefficient (Wildman–Crippen LogP) is -0.956. The Kier molecular flexibility index (Phi) is 2.86. The zero-order valence-electron chi connectivity index (χ0n) is 7.03. The molecule has 0 saturated carbocycles. The van der Waals surface area contributed by atoms with Gasteiger partial charge in [0.25, 0.3) is 10.2 Å². The van der Waals surface area contributed by atoms with Crippen molar-refractivity contribution < 1.29 is 14.2 Å². The standard InChI is InChI=1S/C7H11N3O2S/c8-5-6-1-3-7(4-2-6)10-13(9,11)12/h1-4,10H,5,8H2,(H2,9,11,12)/p+1. The van der Waals surface area contributed by atoms with Crippen molar-refractivity contribution in [3.05, 3.63) is 29.8 Å². The molecule has 0 fully saturated rings. The van der Waals surface area contributed by atoms with Crippen LogP contribution in [0.3, 0.4) is 0 Å². The summed E-state index contributed by atoms with van der Waals surface area (Å²) in [6.45, 7) is 0.676. The second-order valence-corrected chi connectivity index (χ2v) is 3.89. The van der Waals surface area contributed by atoms with Gasteiger partial charge in [-0.3, -0.25) is 4.72 Å². The van der Waals surface area contributed by atoms with Crippen LogP contribution >= 0.6 is 0 Å². The fraction of sp³-hybridized carbons (Fsp3) is 0.143. The molecule has 0 saturated heterocycles. The van der Waals surface area contributed by atoms with Crippen LogP contribution < -0.4 is 15.6 Å². The molecule has 5 nitrogen and oxygen atoms in total. The van der Waals surface area contributed by atoms with Crippen molar-refractivity contribution in [1.29, 1.82) is 0 Å². The van der Waals surface area contributed by atoms with E-state index in [-0.39, 0.29) is 0 Å². The number of nitrogens with one attached hydrogen (secondary N) is 1. The number of nitrogens with two attached hydrogens (primary N) is 1. The highest BCUT2D eigenvalue weighted by Crippen LogP contribution is 2.09. The Morgan fingerprint density at radius 3 is 2.23 bits per heavy atom. The lowest BCUT2D eigenvalue weighted by molar-refractivity contribution is -0.386. The maximum absolute atomic E-state index is 10.6. The first kappa shape index (κ1) is 9.97. The van der Waals surface area contributed by atoms with Gasteiger partial charge in [0.05, 0.1) is 6.54 Å². The Morgan fingerprint density at radius 1 is 1.31 bits per heavy atom. The molecule has 0 radical (unpaired) electrons. The number of rotatable bonds is 3. The minimum absolute atomic E-state index is 0.458. The number of hydrogen-bond donors (Lipinski definition) is 3. The molecule has 1 aromatic rings. The number of quaternary nitrogens is 1. The minimum atomic E-state index is -3.66. The van der Waals surface area contributed by atoms with Crippen molar-refractivity contribution in [2.24, 2.45) is 5.14 Å². The molecule has 1 aromatic carbocycles. The van der Waals surface area contributed by atoms with Crippen LogP contribution in [0.4, 0.5) is 5.69 Å². The van der Waals surface area contributed by atoms with E-state index in [9.17, 15) is 8.42 Å².